The van der Waals surface area contributed by atoms with Gasteiger partial charge in [0.25, 0.3) is 0 Å². The second-order valence-corrected chi connectivity index (χ2v) is 11.0. The Morgan fingerprint density at radius 1 is 1.22 bits per heavy atom. The molecule has 4 rings (SSSR count). The zero-order valence-corrected chi connectivity index (χ0v) is 21.4. The van der Waals surface area contributed by atoms with E-state index in [0.29, 0.717) is 29.0 Å². The summed E-state index contributed by atoms with van der Waals surface area (Å²) in [7, 11) is -2.22. The molecule has 36 heavy (non-hydrogen) atoms. The number of hydroxylamine groups is 2. The lowest BCUT2D eigenvalue weighted by molar-refractivity contribution is -0.129. The molecule has 13 heteroatoms. The molecule has 1 aliphatic heterocycles. The van der Waals surface area contributed by atoms with Crippen molar-refractivity contribution < 1.29 is 33.5 Å². The number of carbonyl (C=O) groups excluding carboxylic acids is 1. The Kier molecular flexibility index (Phi) is 7.03. The highest BCUT2D eigenvalue weighted by Gasteiger charge is 2.50. The summed E-state index contributed by atoms with van der Waals surface area (Å²) in [5, 5.41) is 33.4. The van der Waals surface area contributed by atoms with Crippen molar-refractivity contribution in [3.05, 3.63) is 53.1 Å². The molecule has 0 aromatic heterocycles. The van der Waals surface area contributed by atoms with Gasteiger partial charge in [0.15, 0.2) is 11.6 Å². The molecule has 0 spiro atoms. The highest BCUT2D eigenvalue weighted by molar-refractivity contribution is 7.98. The molecule has 1 unspecified atom stereocenters. The van der Waals surface area contributed by atoms with E-state index in [0.717, 1.165) is 30.7 Å². The maximum absolute atomic E-state index is 14.0. The van der Waals surface area contributed by atoms with Gasteiger partial charge in [-0.2, -0.15) is 14.9 Å². The van der Waals surface area contributed by atoms with Gasteiger partial charge in [-0.3, -0.25) is 14.7 Å². The van der Waals surface area contributed by atoms with Gasteiger partial charge in [-0.05, 0) is 18.1 Å². The number of aliphatic hydroxyl groups is 1. The Bertz CT molecular complexity index is 1390. The second kappa shape index (κ2) is 9.75. The number of unbranched alkanes of at least 4 members (excludes halogenated alkanes) is 1. The Morgan fingerprint density at radius 2 is 1.94 bits per heavy atom. The first kappa shape index (κ1) is 26.0. The molecule has 0 radical (unpaired) electrons. The lowest BCUT2D eigenvalue weighted by Crippen LogP contribution is -2.54. The Labute approximate surface area is 212 Å². The van der Waals surface area contributed by atoms with Crippen molar-refractivity contribution in [1.82, 2.24) is 5.48 Å². The summed E-state index contributed by atoms with van der Waals surface area (Å²) in [6.07, 6.45) is 2.76. The van der Waals surface area contributed by atoms with Gasteiger partial charge in [-0.15, -0.1) is 0 Å². The molecule has 11 nitrogen and oxygen atoms in total. The van der Waals surface area contributed by atoms with Gasteiger partial charge in [-0.25, -0.2) is 8.42 Å². The molecular weight excluding hydrogens is 508 g/mol. The third kappa shape index (κ3) is 4.44. The van der Waals surface area contributed by atoms with Crippen molar-refractivity contribution in [2.75, 3.05) is 23.2 Å². The minimum atomic E-state index is -3.62. The van der Waals surface area contributed by atoms with E-state index < -0.39 is 27.1 Å². The summed E-state index contributed by atoms with van der Waals surface area (Å²) >= 11 is 0.808. The number of nitrogens with zero attached hydrogens (tertiary/aromatic N) is 2. The van der Waals surface area contributed by atoms with Crippen molar-refractivity contribution in [3.63, 3.8) is 0 Å². The van der Waals surface area contributed by atoms with E-state index in [1.165, 1.54) is 13.2 Å². The van der Waals surface area contributed by atoms with Crippen LogP contribution in [-0.4, -0.2) is 48.8 Å². The van der Waals surface area contributed by atoms with Gasteiger partial charge in [0.05, 0.1) is 23.9 Å². The largest absolute Gasteiger partial charge is 0.506 e. The number of phenols is 1. The number of rotatable bonds is 8. The van der Waals surface area contributed by atoms with Crippen LogP contribution in [0.1, 0.15) is 37.3 Å². The van der Waals surface area contributed by atoms with E-state index in [1.807, 2.05) is 6.92 Å². The molecule has 1 heterocycles. The van der Waals surface area contributed by atoms with E-state index in [9.17, 15) is 28.6 Å². The quantitative estimate of drug-likeness (QED) is 0.250. The summed E-state index contributed by atoms with van der Waals surface area (Å²) in [5.74, 6) is -1.69. The summed E-state index contributed by atoms with van der Waals surface area (Å²) in [6.45, 7) is 1.98. The number of hydrogen-bond acceptors (Lipinski definition) is 11. The number of sulfonamides is 1. The number of aromatic hydroxyl groups is 1. The monoisotopic (exact) mass is 534 g/mol. The van der Waals surface area contributed by atoms with Gasteiger partial charge >= 0.3 is 0 Å². The number of ketones is 1. The molecule has 0 bridgehead atoms. The normalized spacial score (nSPS) is 19.6. The smallest absolute Gasteiger partial charge is 0.229 e. The minimum absolute atomic E-state index is 0.0703. The highest BCUT2D eigenvalue weighted by Crippen LogP contribution is 2.47. The lowest BCUT2D eigenvalue weighted by atomic mass is 9.72. The van der Waals surface area contributed by atoms with Crippen molar-refractivity contribution in [3.8, 4) is 5.75 Å². The van der Waals surface area contributed by atoms with Crippen LogP contribution in [0, 0.1) is 0 Å². The van der Waals surface area contributed by atoms with E-state index in [1.54, 1.807) is 24.3 Å². The van der Waals surface area contributed by atoms with Gasteiger partial charge in [0.2, 0.25) is 10.0 Å². The van der Waals surface area contributed by atoms with Gasteiger partial charge in [0, 0.05) is 23.6 Å². The van der Waals surface area contributed by atoms with E-state index in [2.05, 4.69) is 14.6 Å². The Hall–Kier alpha value is -3.10. The molecular formula is C23H26N4O7S2. The second-order valence-electron chi connectivity index (χ2n) is 8.45. The van der Waals surface area contributed by atoms with Crippen molar-refractivity contribution in [2.45, 2.75) is 36.6 Å². The first-order valence-corrected chi connectivity index (χ1v) is 13.7. The fourth-order valence-electron chi connectivity index (χ4n) is 4.40. The summed E-state index contributed by atoms with van der Waals surface area (Å²) < 4.78 is 29.7. The number of amidine groups is 1. The molecule has 1 aliphatic carbocycles. The number of nitrogens with one attached hydrogen (secondary N) is 2. The topological polar surface area (TPSA) is 161 Å². The van der Waals surface area contributed by atoms with Crippen LogP contribution in [0.4, 0.5) is 11.4 Å². The molecule has 0 saturated carbocycles. The van der Waals surface area contributed by atoms with Crippen molar-refractivity contribution >= 4 is 50.7 Å². The van der Waals surface area contributed by atoms with Crippen LogP contribution in [0.15, 0.2) is 51.3 Å². The Morgan fingerprint density at radius 3 is 2.61 bits per heavy atom. The molecule has 0 saturated heterocycles. The standard InChI is InChI=1S/C23H26N4O7S2/c1-4-5-10-23(26-34-2)15-9-7-6-8-14(15)20(29)18(21(23)30)22-24-35-17-12-13(25-36(3,32)33)11-16(28)19(17)27(22)31/h6-9,11-12,25-26,28-29,31H,4-5,10H2,1-3H3. The SMILES string of the molecule is CCCCC1(NOC)C(=O)C(C2=NSc3cc(NS(C)(=O)=O)cc(O)c3N2O)=C(O)c2ccccc21. The fourth-order valence-corrected chi connectivity index (χ4v) is 5.76. The lowest BCUT2D eigenvalue weighted by Gasteiger charge is -2.39. The van der Waals surface area contributed by atoms with Gasteiger partial charge in [0.1, 0.15) is 28.3 Å². The van der Waals surface area contributed by atoms with Crippen LogP contribution in [0.2, 0.25) is 0 Å². The predicted molar refractivity (Wildman–Crippen MR) is 136 cm³/mol. The van der Waals surface area contributed by atoms with Crippen LogP contribution in [0.5, 0.6) is 5.75 Å². The molecule has 0 fully saturated rings. The molecule has 1 atom stereocenters. The molecule has 5 N–H and O–H groups in total. The maximum Gasteiger partial charge on any atom is 0.229 e. The average Bonchev–Trinajstić information content (AvgIpc) is 2.81. The zero-order chi connectivity index (χ0) is 26.3. The summed E-state index contributed by atoms with van der Waals surface area (Å²) in [5.41, 5.74) is 2.07. The van der Waals surface area contributed by atoms with Crippen LogP contribution >= 0.6 is 11.9 Å². The zero-order valence-electron chi connectivity index (χ0n) is 19.8. The van der Waals surface area contributed by atoms with Crippen molar-refractivity contribution in [1.29, 1.82) is 0 Å². The predicted octanol–water partition coefficient (Wildman–Crippen LogP) is 3.47. The van der Waals surface area contributed by atoms with E-state index in [-0.39, 0.29) is 33.4 Å². The third-order valence-corrected chi connectivity index (χ3v) is 7.28. The van der Waals surface area contributed by atoms with Crippen LogP contribution < -0.4 is 15.3 Å². The number of carbonyl (C=O) groups is 1. The fraction of sp³-hybridized carbons (Fsp3) is 0.304. The molecule has 2 aromatic carbocycles. The van der Waals surface area contributed by atoms with E-state index in [4.69, 9.17) is 4.84 Å². The molecule has 2 aromatic rings. The number of Topliss-reactive ketones (excluding diaryl/α,β-unsaturated/α-hetero) is 1. The van der Waals surface area contributed by atoms with Crippen LogP contribution in [0.25, 0.3) is 5.76 Å². The number of anilines is 2. The first-order chi connectivity index (χ1) is 17.0. The van der Waals surface area contributed by atoms with Crippen LogP contribution in [-0.2, 0) is 25.2 Å². The minimum Gasteiger partial charge on any atom is -0.506 e. The summed E-state index contributed by atoms with van der Waals surface area (Å²) in [6, 6.07) is 9.36. The molecule has 0 amide bonds. The highest BCUT2D eigenvalue weighted by atomic mass is 32.2. The van der Waals surface area contributed by atoms with Gasteiger partial charge in [-0.1, -0.05) is 44.0 Å². The van der Waals surface area contributed by atoms with Gasteiger partial charge < -0.3 is 15.1 Å². The van der Waals surface area contributed by atoms with E-state index >= 15 is 0 Å². The average molecular weight is 535 g/mol. The third-order valence-electron chi connectivity index (χ3n) is 5.90. The molecule has 2 aliphatic rings. The molecule has 192 valence electrons. The summed E-state index contributed by atoms with van der Waals surface area (Å²) in [4.78, 5) is 19.5. The number of hydrogen-bond donors (Lipinski definition) is 5. The Balaban J connectivity index is 1.85. The number of phenolic OH excluding ortho intramolecular Hbond substituents is 1. The number of fused-ring (bicyclic) bond motifs is 2. The maximum atomic E-state index is 14.0. The number of aliphatic hydroxyl groups excluding tert-OH is 1. The first-order valence-electron chi connectivity index (χ1n) is 11.0. The van der Waals surface area contributed by atoms with Crippen LogP contribution in [0.3, 0.4) is 0 Å². The van der Waals surface area contributed by atoms with Crippen molar-refractivity contribution in [2.24, 2.45) is 4.40 Å². The number of benzene rings is 2.